The van der Waals surface area contributed by atoms with Crippen LogP contribution in [0, 0.1) is 17.2 Å². The maximum Gasteiger partial charge on any atom is 0.254 e. The Hall–Kier alpha value is -4.65. The normalized spacial score (nSPS) is 12.4. The number of phenolic OH excluding ortho intramolecular Hbond substituents is 1. The topological polar surface area (TPSA) is 160 Å². The number of hydrogen-bond acceptors (Lipinski definition) is 8. The van der Waals surface area contributed by atoms with Gasteiger partial charge in [0.1, 0.15) is 23.5 Å². The molecule has 1 unspecified atom stereocenters. The summed E-state index contributed by atoms with van der Waals surface area (Å²) in [5, 5.41) is 30.5. The Morgan fingerprint density at radius 2 is 1.63 bits per heavy atom. The van der Waals surface area contributed by atoms with Gasteiger partial charge in [0.2, 0.25) is 5.91 Å². The van der Waals surface area contributed by atoms with E-state index in [1.54, 1.807) is 44.2 Å². The third-order valence-corrected chi connectivity index (χ3v) is 5.48. The van der Waals surface area contributed by atoms with E-state index in [0.717, 1.165) is 0 Å². The van der Waals surface area contributed by atoms with Crippen molar-refractivity contribution in [3.63, 3.8) is 0 Å². The second-order valence-electron chi connectivity index (χ2n) is 8.16. The molecule has 0 aliphatic carbocycles. The zero-order chi connectivity index (χ0) is 25.7. The number of nitrogens with zero attached hydrogens (tertiary/aromatic N) is 1. The summed E-state index contributed by atoms with van der Waals surface area (Å²) in [5.74, 6) is -1.77. The molecule has 5 N–H and O–H groups in total. The van der Waals surface area contributed by atoms with Crippen molar-refractivity contribution in [1.29, 1.82) is 5.26 Å². The Bertz CT molecular complexity index is 1350. The Morgan fingerprint density at radius 1 is 0.971 bits per heavy atom. The number of phenols is 1. The first kappa shape index (κ1) is 25.0. The SMILES string of the molecule is CNC(=O)c1cccc(Nc2c(N[C@@H](C(=O)NC(C#N)c3ccccc3)C(C)C)c(=O)c2=O)c1O. The van der Waals surface area contributed by atoms with E-state index in [-0.39, 0.29) is 28.5 Å². The zero-order valence-corrected chi connectivity index (χ0v) is 19.4. The minimum atomic E-state index is -0.941. The van der Waals surface area contributed by atoms with Gasteiger partial charge >= 0.3 is 0 Å². The molecule has 2 amide bonds. The number of carbonyl (C=O) groups is 2. The quantitative estimate of drug-likeness (QED) is 0.232. The summed E-state index contributed by atoms with van der Waals surface area (Å²) in [5.41, 5.74) is -1.30. The van der Waals surface area contributed by atoms with Crippen LogP contribution >= 0.6 is 0 Å². The largest absolute Gasteiger partial charge is 0.505 e. The molecule has 3 aromatic rings. The van der Waals surface area contributed by atoms with Crippen molar-refractivity contribution < 1.29 is 14.7 Å². The minimum Gasteiger partial charge on any atom is -0.505 e. The van der Waals surface area contributed by atoms with Crippen LogP contribution in [0.5, 0.6) is 5.75 Å². The van der Waals surface area contributed by atoms with Crippen molar-refractivity contribution in [2.75, 3.05) is 17.7 Å². The molecule has 0 aliphatic heterocycles. The highest BCUT2D eigenvalue weighted by molar-refractivity contribution is 5.99. The van der Waals surface area contributed by atoms with Crippen LogP contribution in [-0.2, 0) is 4.79 Å². The summed E-state index contributed by atoms with van der Waals surface area (Å²) in [6.45, 7) is 3.50. The van der Waals surface area contributed by atoms with E-state index in [4.69, 9.17) is 0 Å². The average molecular weight is 476 g/mol. The number of anilines is 3. The summed E-state index contributed by atoms with van der Waals surface area (Å²) in [4.78, 5) is 49.6. The standard InChI is InChI=1S/C25H25N5O5/c1-13(2)18(25(35)29-17(12-26)14-8-5-4-6-9-14)30-20-19(22(32)23(20)33)28-16-11-7-10-15(21(16)31)24(34)27-3/h4-11,13,17-18,28,30-31H,1-3H3,(H,27,34)(H,29,35)/t17?,18-/m1/s1. The number of benzene rings is 2. The maximum absolute atomic E-state index is 13.0. The van der Waals surface area contributed by atoms with Gasteiger partial charge in [-0.05, 0) is 23.6 Å². The fraction of sp³-hybridized carbons (Fsp3) is 0.240. The van der Waals surface area contributed by atoms with Crippen LogP contribution < -0.4 is 32.1 Å². The highest BCUT2D eigenvalue weighted by Crippen LogP contribution is 2.31. The van der Waals surface area contributed by atoms with Crippen molar-refractivity contribution in [1.82, 2.24) is 10.6 Å². The Morgan fingerprint density at radius 3 is 2.23 bits per heavy atom. The zero-order valence-electron chi connectivity index (χ0n) is 19.4. The van der Waals surface area contributed by atoms with Crippen LogP contribution in [0.1, 0.15) is 35.8 Å². The van der Waals surface area contributed by atoms with Gasteiger partial charge in [-0.25, -0.2) is 0 Å². The Balaban J connectivity index is 1.85. The molecule has 0 heterocycles. The van der Waals surface area contributed by atoms with Crippen LogP contribution in [0.15, 0.2) is 58.1 Å². The molecule has 0 bridgehead atoms. The van der Waals surface area contributed by atoms with Gasteiger partial charge in [-0.2, -0.15) is 5.26 Å². The highest BCUT2D eigenvalue weighted by atomic mass is 16.3. The van der Waals surface area contributed by atoms with Crippen LogP contribution in [0.4, 0.5) is 17.1 Å². The summed E-state index contributed by atoms with van der Waals surface area (Å²) in [6, 6.07) is 13.3. The van der Waals surface area contributed by atoms with E-state index >= 15 is 0 Å². The van der Waals surface area contributed by atoms with Gasteiger partial charge in [-0.15, -0.1) is 0 Å². The van der Waals surface area contributed by atoms with E-state index in [1.165, 1.54) is 25.2 Å². The molecular weight excluding hydrogens is 450 g/mol. The van der Waals surface area contributed by atoms with Gasteiger partial charge in [-0.3, -0.25) is 19.2 Å². The first-order chi connectivity index (χ1) is 16.7. The van der Waals surface area contributed by atoms with E-state index in [1.807, 2.05) is 6.07 Å². The van der Waals surface area contributed by atoms with Crippen LogP contribution in [0.25, 0.3) is 0 Å². The van der Waals surface area contributed by atoms with Crippen LogP contribution in [-0.4, -0.2) is 30.0 Å². The predicted molar refractivity (Wildman–Crippen MR) is 131 cm³/mol. The molecule has 10 heteroatoms. The molecule has 2 atom stereocenters. The van der Waals surface area contributed by atoms with Crippen molar-refractivity contribution in [3.8, 4) is 11.8 Å². The third kappa shape index (κ3) is 5.14. The number of hydrogen-bond donors (Lipinski definition) is 5. The van der Waals surface area contributed by atoms with Crippen molar-refractivity contribution in [3.05, 3.63) is 80.1 Å². The van der Waals surface area contributed by atoms with Gasteiger partial charge in [-0.1, -0.05) is 50.2 Å². The predicted octanol–water partition coefficient (Wildman–Crippen LogP) is 1.91. The average Bonchev–Trinajstić information content (AvgIpc) is 2.87. The Kier molecular flexibility index (Phi) is 7.51. The first-order valence-electron chi connectivity index (χ1n) is 10.8. The number of carbonyl (C=O) groups excluding carboxylic acids is 2. The number of amides is 2. The number of para-hydroxylation sites is 1. The molecule has 0 fully saturated rings. The molecule has 0 radical (unpaired) electrons. The minimum absolute atomic E-state index is 0.0198. The second kappa shape index (κ2) is 10.5. The molecule has 0 saturated carbocycles. The van der Waals surface area contributed by atoms with Gasteiger partial charge in [0.15, 0.2) is 5.75 Å². The second-order valence-corrected chi connectivity index (χ2v) is 8.16. The van der Waals surface area contributed by atoms with Crippen molar-refractivity contribution in [2.45, 2.75) is 25.9 Å². The molecular formula is C25H25N5O5. The molecule has 0 spiro atoms. The van der Waals surface area contributed by atoms with Crippen LogP contribution in [0.2, 0.25) is 0 Å². The van der Waals surface area contributed by atoms with E-state index in [2.05, 4.69) is 21.3 Å². The summed E-state index contributed by atoms with van der Waals surface area (Å²) in [7, 11) is 1.41. The van der Waals surface area contributed by atoms with Gasteiger partial charge < -0.3 is 26.4 Å². The van der Waals surface area contributed by atoms with Gasteiger partial charge in [0.05, 0.1) is 17.3 Å². The van der Waals surface area contributed by atoms with E-state index in [0.29, 0.717) is 5.56 Å². The molecule has 0 saturated heterocycles. The third-order valence-electron chi connectivity index (χ3n) is 5.48. The molecule has 10 nitrogen and oxygen atoms in total. The lowest BCUT2D eigenvalue weighted by atomic mass is 10.0. The molecule has 35 heavy (non-hydrogen) atoms. The summed E-state index contributed by atoms with van der Waals surface area (Å²) in [6.07, 6.45) is 0. The highest BCUT2D eigenvalue weighted by Gasteiger charge is 2.30. The molecule has 180 valence electrons. The molecule has 3 rings (SSSR count). The smallest absolute Gasteiger partial charge is 0.254 e. The lowest BCUT2D eigenvalue weighted by Crippen LogP contribution is -2.47. The van der Waals surface area contributed by atoms with E-state index < -0.39 is 40.5 Å². The number of rotatable bonds is 9. The number of aromatic hydroxyl groups is 1. The van der Waals surface area contributed by atoms with E-state index in [9.17, 15) is 29.5 Å². The maximum atomic E-state index is 13.0. The molecule has 0 aliphatic rings. The molecule has 3 aromatic carbocycles. The van der Waals surface area contributed by atoms with Crippen molar-refractivity contribution >= 4 is 28.9 Å². The fourth-order valence-electron chi connectivity index (χ4n) is 3.50. The lowest BCUT2D eigenvalue weighted by Gasteiger charge is -2.26. The lowest BCUT2D eigenvalue weighted by molar-refractivity contribution is -0.123. The number of nitrogens with one attached hydrogen (secondary N) is 4. The number of nitriles is 1. The van der Waals surface area contributed by atoms with Gasteiger partial charge in [0.25, 0.3) is 16.8 Å². The fourth-order valence-corrected chi connectivity index (χ4v) is 3.50. The van der Waals surface area contributed by atoms with Gasteiger partial charge in [0, 0.05) is 7.05 Å². The monoisotopic (exact) mass is 475 g/mol. The van der Waals surface area contributed by atoms with Crippen LogP contribution in [0.3, 0.4) is 0 Å². The summed E-state index contributed by atoms with van der Waals surface area (Å²) >= 11 is 0. The first-order valence-corrected chi connectivity index (χ1v) is 10.8. The summed E-state index contributed by atoms with van der Waals surface area (Å²) < 4.78 is 0. The van der Waals surface area contributed by atoms with Crippen molar-refractivity contribution in [2.24, 2.45) is 5.92 Å². The Labute approximate surface area is 201 Å². The molecule has 0 aromatic heterocycles.